The van der Waals surface area contributed by atoms with E-state index in [0.717, 1.165) is 17.8 Å². The lowest BCUT2D eigenvalue weighted by atomic mass is 10.1. The van der Waals surface area contributed by atoms with E-state index in [1.165, 1.54) is 37.1 Å². The van der Waals surface area contributed by atoms with Gasteiger partial charge in [-0.25, -0.2) is 4.79 Å². The van der Waals surface area contributed by atoms with Crippen molar-refractivity contribution in [2.75, 3.05) is 36.4 Å². The van der Waals surface area contributed by atoms with Gasteiger partial charge in [-0.1, -0.05) is 31.9 Å². The topological polar surface area (TPSA) is 91.6 Å². The minimum atomic E-state index is -0.510. The maximum absolute atomic E-state index is 12.5. The van der Waals surface area contributed by atoms with Crippen LogP contribution >= 0.6 is 0 Å². The van der Waals surface area contributed by atoms with Crippen molar-refractivity contribution < 1.29 is 9.72 Å². The minimum Gasteiger partial charge on any atom is -0.365 e. The zero-order valence-corrected chi connectivity index (χ0v) is 16.7. The predicted octanol–water partition coefficient (Wildman–Crippen LogP) is 4.08. The van der Waals surface area contributed by atoms with Crippen LogP contribution in [0.4, 0.5) is 22.0 Å². The van der Waals surface area contributed by atoms with Crippen LogP contribution in [0.1, 0.15) is 31.7 Å². The summed E-state index contributed by atoms with van der Waals surface area (Å²) in [5, 5.41) is 13.7. The van der Waals surface area contributed by atoms with Gasteiger partial charge >= 0.3 is 11.8 Å². The molecular formula is C21H27N5O3. The van der Waals surface area contributed by atoms with Gasteiger partial charge in [0.2, 0.25) is 0 Å². The zero-order valence-electron chi connectivity index (χ0n) is 16.7. The quantitative estimate of drug-likeness (QED) is 0.432. The van der Waals surface area contributed by atoms with E-state index in [4.69, 9.17) is 0 Å². The Morgan fingerprint density at radius 3 is 2.41 bits per heavy atom. The number of nitrogens with one attached hydrogen (secondary N) is 1. The van der Waals surface area contributed by atoms with Crippen LogP contribution in [0.2, 0.25) is 0 Å². The SMILES string of the molecule is CCCCCc1ccc(NC(=O)N2CCN(c3ccc([N+](=O)[O-])nc3)CC2)cc1. The molecule has 0 unspecified atom stereocenters. The average Bonchev–Trinajstić information content (AvgIpc) is 2.75. The first kappa shape index (κ1) is 20.6. The Labute approximate surface area is 170 Å². The highest BCUT2D eigenvalue weighted by Crippen LogP contribution is 2.19. The molecule has 0 aliphatic carbocycles. The molecule has 3 rings (SSSR count). The number of hydrogen-bond donors (Lipinski definition) is 1. The molecule has 1 aromatic heterocycles. The van der Waals surface area contributed by atoms with Crippen molar-refractivity contribution in [3.8, 4) is 0 Å². The highest BCUT2D eigenvalue weighted by atomic mass is 16.6. The third-order valence-corrected chi connectivity index (χ3v) is 5.13. The highest BCUT2D eigenvalue weighted by molar-refractivity contribution is 5.89. The molecule has 2 heterocycles. The number of amides is 2. The predicted molar refractivity (Wildman–Crippen MR) is 113 cm³/mol. The van der Waals surface area contributed by atoms with Gasteiger partial charge in [-0.15, -0.1) is 0 Å². The molecule has 1 saturated heterocycles. The molecule has 8 heteroatoms. The molecular weight excluding hydrogens is 370 g/mol. The van der Waals surface area contributed by atoms with Gasteiger partial charge in [-0.3, -0.25) is 0 Å². The molecule has 0 spiro atoms. The number of hydrogen-bond acceptors (Lipinski definition) is 5. The molecule has 2 aromatic rings. The van der Waals surface area contributed by atoms with Gasteiger partial charge in [0.1, 0.15) is 0 Å². The Hall–Kier alpha value is -3.16. The number of piperazine rings is 1. The molecule has 1 aliphatic rings. The summed E-state index contributed by atoms with van der Waals surface area (Å²) in [5.74, 6) is -0.164. The van der Waals surface area contributed by atoms with Crippen molar-refractivity contribution in [1.82, 2.24) is 9.88 Å². The number of pyridine rings is 1. The first-order chi connectivity index (χ1) is 14.1. The second kappa shape index (κ2) is 9.86. The second-order valence-electron chi connectivity index (χ2n) is 7.19. The first-order valence-corrected chi connectivity index (χ1v) is 10.1. The summed E-state index contributed by atoms with van der Waals surface area (Å²) in [5.41, 5.74) is 2.92. The largest absolute Gasteiger partial charge is 0.365 e. The molecule has 0 radical (unpaired) electrons. The van der Waals surface area contributed by atoms with Crippen LogP contribution in [0.3, 0.4) is 0 Å². The third-order valence-electron chi connectivity index (χ3n) is 5.13. The lowest BCUT2D eigenvalue weighted by molar-refractivity contribution is -0.389. The van der Waals surface area contributed by atoms with E-state index in [1.807, 2.05) is 12.1 Å². The zero-order chi connectivity index (χ0) is 20.6. The van der Waals surface area contributed by atoms with E-state index in [1.54, 1.807) is 11.0 Å². The molecule has 1 N–H and O–H groups in total. The van der Waals surface area contributed by atoms with Gasteiger partial charge in [0.25, 0.3) is 0 Å². The maximum atomic E-state index is 12.5. The number of anilines is 2. The maximum Gasteiger partial charge on any atom is 0.363 e. The summed E-state index contributed by atoms with van der Waals surface area (Å²) in [4.78, 5) is 30.5. The van der Waals surface area contributed by atoms with Crippen LogP contribution in [0.5, 0.6) is 0 Å². The summed E-state index contributed by atoms with van der Waals surface area (Å²) in [6.45, 7) is 4.67. The van der Waals surface area contributed by atoms with Crippen molar-refractivity contribution in [2.24, 2.45) is 0 Å². The summed E-state index contributed by atoms with van der Waals surface area (Å²) < 4.78 is 0. The van der Waals surface area contributed by atoms with Crippen LogP contribution in [0, 0.1) is 10.1 Å². The van der Waals surface area contributed by atoms with E-state index in [2.05, 4.69) is 34.3 Å². The van der Waals surface area contributed by atoms with Crippen LogP contribution in [-0.4, -0.2) is 47.0 Å². The number of carbonyl (C=O) groups is 1. The fourth-order valence-electron chi connectivity index (χ4n) is 3.38. The fourth-order valence-corrected chi connectivity index (χ4v) is 3.38. The number of unbranched alkanes of at least 4 members (excludes halogenated alkanes) is 2. The molecule has 0 atom stereocenters. The Morgan fingerprint density at radius 1 is 1.10 bits per heavy atom. The monoisotopic (exact) mass is 397 g/mol. The van der Waals surface area contributed by atoms with Gasteiger partial charge in [-0.05, 0) is 46.5 Å². The van der Waals surface area contributed by atoms with Crippen LogP contribution < -0.4 is 10.2 Å². The molecule has 154 valence electrons. The molecule has 29 heavy (non-hydrogen) atoms. The molecule has 1 aromatic carbocycles. The molecule has 1 fully saturated rings. The number of aromatic nitrogens is 1. The van der Waals surface area contributed by atoms with Crippen molar-refractivity contribution in [3.63, 3.8) is 0 Å². The fraction of sp³-hybridized carbons (Fsp3) is 0.429. The summed E-state index contributed by atoms with van der Waals surface area (Å²) in [6.07, 6.45) is 6.22. The van der Waals surface area contributed by atoms with Crippen molar-refractivity contribution >= 4 is 23.2 Å². The molecule has 2 amide bonds. The number of nitro groups is 1. The van der Waals surface area contributed by atoms with Crippen LogP contribution in [0.15, 0.2) is 42.6 Å². The lowest BCUT2D eigenvalue weighted by Gasteiger charge is -2.35. The van der Waals surface area contributed by atoms with E-state index >= 15 is 0 Å². The van der Waals surface area contributed by atoms with E-state index in [0.29, 0.717) is 26.2 Å². The first-order valence-electron chi connectivity index (χ1n) is 10.1. The highest BCUT2D eigenvalue weighted by Gasteiger charge is 2.22. The molecule has 0 bridgehead atoms. The number of urea groups is 1. The van der Waals surface area contributed by atoms with E-state index in [9.17, 15) is 14.9 Å². The number of carbonyl (C=O) groups excluding carboxylic acids is 1. The van der Waals surface area contributed by atoms with E-state index < -0.39 is 4.92 Å². The van der Waals surface area contributed by atoms with Gasteiger partial charge in [0.15, 0.2) is 6.20 Å². The Balaban J connectivity index is 1.47. The molecule has 1 aliphatic heterocycles. The van der Waals surface area contributed by atoms with Crippen LogP contribution in [0.25, 0.3) is 0 Å². The Morgan fingerprint density at radius 2 is 1.83 bits per heavy atom. The smallest absolute Gasteiger partial charge is 0.363 e. The van der Waals surface area contributed by atoms with Crippen molar-refractivity contribution in [1.29, 1.82) is 0 Å². The molecule has 8 nitrogen and oxygen atoms in total. The number of nitrogens with zero attached hydrogens (tertiary/aromatic N) is 4. The van der Waals surface area contributed by atoms with Gasteiger partial charge in [-0.2, -0.15) is 0 Å². The van der Waals surface area contributed by atoms with Crippen molar-refractivity contribution in [2.45, 2.75) is 32.6 Å². The summed E-state index contributed by atoms with van der Waals surface area (Å²) in [6, 6.07) is 11.1. The standard InChI is InChI=1S/C21H27N5O3/c1-2-3-4-5-17-6-8-18(9-7-17)23-21(27)25-14-12-24(13-15-25)19-10-11-20(22-16-19)26(28)29/h6-11,16H,2-5,12-15H2,1H3,(H,23,27). The van der Waals surface area contributed by atoms with E-state index in [-0.39, 0.29) is 11.8 Å². The summed E-state index contributed by atoms with van der Waals surface area (Å²) in [7, 11) is 0. The minimum absolute atomic E-state index is 0.106. The Kier molecular flexibility index (Phi) is 6.99. The van der Waals surface area contributed by atoms with Gasteiger partial charge in [0.05, 0.1) is 5.69 Å². The van der Waals surface area contributed by atoms with Crippen molar-refractivity contribution in [3.05, 3.63) is 58.3 Å². The van der Waals surface area contributed by atoms with Gasteiger partial charge < -0.3 is 25.2 Å². The average molecular weight is 397 g/mol. The van der Waals surface area contributed by atoms with Gasteiger partial charge in [0, 0.05) is 37.9 Å². The lowest BCUT2D eigenvalue weighted by Crippen LogP contribution is -2.50. The third kappa shape index (κ3) is 5.66. The number of benzene rings is 1. The number of aryl methyl sites for hydroxylation is 1. The Bertz CT molecular complexity index is 815. The summed E-state index contributed by atoms with van der Waals surface area (Å²) >= 11 is 0. The normalized spacial score (nSPS) is 14.0. The second-order valence-corrected chi connectivity index (χ2v) is 7.19. The van der Waals surface area contributed by atoms with Crippen LogP contribution in [-0.2, 0) is 6.42 Å². The number of rotatable bonds is 7. The molecule has 0 saturated carbocycles.